The van der Waals surface area contributed by atoms with Gasteiger partial charge in [0, 0.05) is 13.0 Å². The Balaban J connectivity index is 1.38. The molecule has 1 aromatic heterocycles. The van der Waals surface area contributed by atoms with Crippen LogP contribution < -0.4 is 21.8 Å². The lowest BCUT2D eigenvalue weighted by Gasteiger charge is -2.20. The number of benzene rings is 2. The van der Waals surface area contributed by atoms with Gasteiger partial charge in [-0.15, -0.1) is 0 Å². The van der Waals surface area contributed by atoms with Crippen molar-refractivity contribution in [2.75, 3.05) is 17.3 Å². The zero-order chi connectivity index (χ0) is 24.1. The van der Waals surface area contributed by atoms with Crippen molar-refractivity contribution in [3.05, 3.63) is 71.9 Å². The zero-order valence-corrected chi connectivity index (χ0v) is 18.4. The molecule has 1 atom stereocenters. The number of nitrogen functional groups attached to an aromatic ring is 1. The van der Waals surface area contributed by atoms with E-state index in [2.05, 4.69) is 21.6 Å². The molecule has 2 heterocycles. The van der Waals surface area contributed by atoms with Gasteiger partial charge in [0.05, 0.1) is 17.1 Å². The van der Waals surface area contributed by atoms with E-state index in [1.54, 1.807) is 16.8 Å². The lowest BCUT2D eigenvalue weighted by Crippen LogP contribution is -2.40. The molecule has 172 valence electrons. The molecular weight excluding hydrogens is 432 g/mol. The maximum absolute atomic E-state index is 12.7. The monoisotopic (exact) mass is 456 g/mol. The number of nitrogens with zero attached hydrogens (tertiary/aromatic N) is 5. The summed E-state index contributed by atoms with van der Waals surface area (Å²) in [5, 5.41) is 22.7. The van der Waals surface area contributed by atoms with E-state index in [0.717, 1.165) is 5.69 Å². The van der Waals surface area contributed by atoms with Gasteiger partial charge in [-0.2, -0.15) is 15.5 Å². The number of primary amides is 1. The van der Waals surface area contributed by atoms with Gasteiger partial charge in [0.1, 0.15) is 29.2 Å². The minimum absolute atomic E-state index is 0.132. The summed E-state index contributed by atoms with van der Waals surface area (Å²) < 4.78 is 1.54. The number of anilines is 2. The van der Waals surface area contributed by atoms with Gasteiger partial charge in [0.15, 0.2) is 0 Å². The fourth-order valence-electron chi connectivity index (χ4n) is 3.79. The van der Waals surface area contributed by atoms with Crippen LogP contribution in [-0.2, 0) is 16.0 Å². The van der Waals surface area contributed by atoms with E-state index in [4.69, 9.17) is 11.5 Å². The summed E-state index contributed by atoms with van der Waals surface area (Å²) in [4.78, 5) is 24.5. The van der Waals surface area contributed by atoms with Crippen LogP contribution in [0.1, 0.15) is 24.1 Å². The van der Waals surface area contributed by atoms with Gasteiger partial charge in [-0.1, -0.05) is 36.4 Å². The van der Waals surface area contributed by atoms with E-state index < -0.39 is 11.9 Å². The minimum Gasteiger partial charge on any atom is -0.382 e. The second kappa shape index (κ2) is 9.87. The molecule has 0 radical (unpaired) electrons. The summed E-state index contributed by atoms with van der Waals surface area (Å²) in [7, 11) is 0. The highest BCUT2D eigenvalue weighted by atomic mass is 16.2. The number of nitrogens with two attached hydrogens (primary N) is 2. The van der Waals surface area contributed by atoms with Gasteiger partial charge in [-0.3, -0.25) is 14.6 Å². The number of carbonyl (C=O) groups is 2. The summed E-state index contributed by atoms with van der Waals surface area (Å²) in [6.45, 7) is 0.341. The number of carbonyl (C=O) groups excluding carboxylic acids is 2. The SMILES string of the molecule is N#Cc1c(CCCNC(=O)C2=NN(c3ccccc3)C(C(N)=O)C2)nn(-c2ccccc2)c1N. The van der Waals surface area contributed by atoms with Crippen LogP contribution in [0.2, 0.25) is 0 Å². The van der Waals surface area contributed by atoms with Crippen LogP contribution in [0.25, 0.3) is 5.69 Å². The third-order valence-corrected chi connectivity index (χ3v) is 5.50. The Hall–Kier alpha value is -4.65. The average Bonchev–Trinajstić information content (AvgIpc) is 3.44. The predicted molar refractivity (Wildman–Crippen MR) is 128 cm³/mol. The van der Waals surface area contributed by atoms with Gasteiger partial charge in [0.2, 0.25) is 5.91 Å². The molecule has 0 aliphatic carbocycles. The molecule has 4 rings (SSSR count). The molecule has 0 fully saturated rings. The highest BCUT2D eigenvalue weighted by Gasteiger charge is 2.34. The molecular formula is C24H24N8O2. The average molecular weight is 457 g/mol. The maximum Gasteiger partial charge on any atom is 0.267 e. The number of hydrogen-bond donors (Lipinski definition) is 3. The van der Waals surface area contributed by atoms with Crippen LogP contribution in [0, 0.1) is 11.3 Å². The lowest BCUT2D eigenvalue weighted by molar-refractivity contribution is -0.119. The molecule has 2 amide bonds. The van der Waals surface area contributed by atoms with Crippen molar-refractivity contribution >= 4 is 29.0 Å². The van der Waals surface area contributed by atoms with Gasteiger partial charge in [0.25, 0.3) is 5.91 Å². The summed E-state index contributed by atoms with van der Waals surface area (Å²) in [5.41, 5.74) is 14.2. The molecule has 5 N–H and O–H groups in total. The Morgan fingerprint density at radius 2 is 1.74 bits per heavy atom. The molecule has 3 aromatic rings. The maximum atomic E-state index is 12.7. The first-order chi connectivity index (χ1) is 16.5. The number of nitriles is 1. The van der Waals surface area contributed by atoms with E-state index in [1.807, 2.05) is 48.5 Å². The van der Waals surface area contributed by atoms with E-state index in [-0.39, 0.29) is 23.9 Å². The third-order valence-electron chi connectivity index (χ3n) is 5.50. The normalized spacial score (nSPS) is 15.0. The quantitative estimate of drug-likeness (QED) is 0.436. The number of hydrogen-bond acceptors (Lipinski definition) is 7. The Bertz CT molecular complexity index is 1260. The minimum atomic E-state index is -0.716. The van der Waals surface area contributed by atoms with Crippen LogP contribution in [0.4, 0.5) is 11.5 Å². The summed E-state index contributed by atoms with van der Waals surface area (Å²) >= 11 is 0. The molecule has 0 bridgehead atoms. The second-order valence-corrected chi connectivity index (χ2v) is 7.77. The Morgan fingerprint density at radius 3 is 2.35 bits per heavy atom. The molecule has 0 saturated heterocycles. The molecule has 2 aromatic carbocycles. The number of aryl methyl sites for hydroxylation is 1. The van der Waals surface area contributed by atoms with Crippen molar-refractivity contribution in [2.24, 2.45) is 10.8 Å². The van der Waals surface area contributed by atoms with Gasteiger partial charge in [-0.25, -0.2) is 4.68 Å². The van der Waals surface area contributed by atoms with E-state index in [9.17, 15) is 14.9 Å². The van der Waals surface area contributed by atoms with Crippen LogP contribution in [0.5, 0.6) is 0 Å². The molecule has 1 aliphatic rings. The number of para-hydroxylation sites is 2. The first-order valence-corrected chi connectivity index (χ1v) is 10.8. The van der Waals surface area contributed by atoms with Crippen molar-refractivity contribution in [1.29, 1.82) is 5.26 Å². The number of aromatic nitrogens is 2. The van der Waals surface area contributed by atoms with Crippen LogP contribution in [0.3, 0.4) is 0 Å². The predicted octanol–water partition coefficient (Wildman–Crippen LogP) is 1.50. The van der Waals surface area contributed by atoms with Crippen molar-refractivity contribution in [1.82, 2.24) is 15.1 Å². The molecule has 10 heteroatoms. The highest BCUT2D eigenvalue weighted by Crippen LogP contribution is 2.24. The standard InChI is InChI=1S/C24H24N8O2/c25-15-18-19(29-32(22(18)26)17-10-5-2-6-11-17)12-7-13-28-24(34)20-14-21(23(27)33)31(30-20)16-8-3-1-4-9-16/h1-6,8-11,21H,7,12-14,26H2,(H2,27,33)(H,28,34). The van der Waals surface area contributed by atoms with Gasteiger partial charge < -0.3 is 16.8 Å². The van der Waals surface area contributed by atoms with Crippen molar-refractivity contribution < 1.29 is 9.59 Å². The topological polar surface area (TPSA) is 155 Å². The summed E-state index contributed by atoms with van der Waals surface area (Å²) in [5.74, 6) is -0.628. The molecule has 1 unspecified atom stereocenters. The molecule has 34 heavy (non-hydrogen) atoms. The fourth-order valence-corrected chi connectivity index (χ4v) is 3.79. The van der Waals surface area contributed by atoms with Crippen molar-refractivity contribution in [2.45, 2.75) is 25.3 Å². The zero-order valence-electron chi connectivity index (χ0n) is 18.4. The summed E-state index contributed by atoms with van der Waals surface area (Å²) in [6, 6.07) is 19.8. The van der Waals surface area contributed by atoms with Gasteiger partial charge >= 0.3 is 0 Å². The molecule has 0 saturated carbocycles. The second-order valence-electron chi connectivity index (χ2n) is 7.77. The van der Waals surface area contributed by atoms with Gasteiger partial charge in [-0.05, 0) is 37.1 Å². The van der Waals surface area contributed by atoms with Crippen molar-refractivity contribution in [3.63, 3.8) is 0 Å². The Morgan fingerprint density at radius 1 is 1.09 bits per heavy atom. The number of amides is 2. The van der Waals surface area contributed by atoms with E-state index in [1.165, 1.54) is 5.01 Å². The third kappa shape index (κ3) is 4.59. The first-order valence-electron chi connectivity index (χ1n) is 10.8. The number of rotatable bonds is 8. The molecule has 10 nitrogen and oxygen atoms in total. The largest absolute Gasteiger partial charge is 0.382 e. The first kappa shape index (κ1) is 22.5. The smallest absolute Gasteiger partial charge is 0.267 e. The molecule has 1 aliphatic heterocycles. The van der Waals surface area contributed by atoms with Crippen LogP contribution >= 0.6 is 0 Å². The summed E-state index contributed by atoms with van der Waals surface area (Å²) in [6.07, 6.45) is 1.13. The van der Waals surface area contributed by atoms with Crippen LogP contribution in [0.15, 0.2) is 65.8 Å². The van der Waals surface area contributed by atoms with Crippen LogP contribution in [-0.4, -0.2) is 39.9 Å². The molecule has 0 spiro atoms. The number of hydrazone groups is 1. The van der Waals surface area contributed by atoms with Crippen molar-refractivity contribution in [3.8, 4) is 11.8 Å². The highest BCUT2D eigenvalue weighted by molar-refractivity contribution is 6.40. The fraction of sp³-hybridized carbons (Fsp3) is 0.208. The van der Waals surface area contributed by atoms with E-state index >= 15 is 0 Å². The Labute approximate surface area is 196 Å². The lowest BCUT2D eigenvalue weighted by atomic mass is 10.1. The van der Waals surface area contributed by atoms with E-state index in [0.29, 0.717) is 36.3 Å². The number of nitrogens with one attached hydrogen (secondary N) is 1. The Kier molecular flexibility index (Phi) is 6.54.